The van der Waals surface area contributed by atoms with E-state index in [1.807, 2.05) is 0 Å². The Morgan fingerprint density at radius 2 is 2.00 bits per heavy atom. The van der Waals surface area contributed by atoms with Crippen LogP contribution in [0.3, 0.4) is 0 Å². The number of hydrogen-bond donors (Lipinski definition) is 0. The Kier molecular flexibility index (Phi) is 4.26. The van der Waals surface area contributed by atoms with Crippen LogP contribution in [0, 0.1) is 11.8 Å². The third-order valence-electron chi connectivity index (χ3n) is 4.37. The van der Waals surface area contributed by atoms with Crippen LogP contribution in [0.2, 0.25) is 0 Å². The molecule has 0 aromatic carbocycles. The summed E-state index contributed by atoms with van der Waals surface area (Å²) in [7, 11) is 0. The highest BCUT2D eigenvalue weighted by molar-refractivity contribution is 5.73. The van der Waals surface area contributed by atoms with Crippen LogP contribution >= 0.6 is 0 Å². The first-order valence-electron chi connectivity index (χ1n) is 7.10. The topological polar surface area (TPSA) is 26.3 Å². The molecule has 2 heteroatoms. The molecule has 2 aliphatic rings. The zero-order valence-corrected chi connectivity index (χ0v) is 11.6. The van der Waals surface area contributed by atoms with E-state index >= 15 is 0 Å². The van der Waals surface area contributed by atoms with Crippen molar-refractivity contribution in [2.75, 3.05) is 0 Å². The Hall–Kier alpha value is -1.05. The highest BCUT2D eigenvalue weighted by atomic mass is 16.5. The molecule has 0 N–H and O–H groups in total. The number of hydrogen-bond acceptors (Lipinski definition) is 2. The van der Waals surface area contributed by atoms with Crippen LogP contribution in [0.25, 0.3) is 0 Å². The molecule has 2 atom stereocenters. The van der Waals surface area contributed by atoms with Crippen LogP contribution in [-0.2, 0) is 9.53 Å². The molecule has 2 aliphatic carbocycles. The van der Waals surface area contributed by atoms with Crippen molar-refractivity contribution in [1.29, 1.82) is 0 Å². The molecule has 0 aromatic rings. The van der Waals surface area contributed by atoms with Crippen molar-refractivity contribution in [3.8, 4) is 0 Å². The van der Waals surface area contributed by atoms with Gasteiger partial charge in [0, 0.05) is 0 Å². The van der Waals surface area contributed by atoms with Gasteiger partial charge in [0.2, 0.25) is 0 Å². The average molecular weight is 248 g/mol. The summed E-state index contributed by atoms with van der Waals surface area (Å²) in [5.41, 5.74) is 2.40. The van der Waals surface area contributed by atoms with Gasteiger partial charge >= 0.3 is 5.97 Å². The fourth-order valence-corrected chi connectivity index (χ4v) is 2.94. The predicted octanol–water partition coefficient (Wildman–Crippen LogP) is 4.02. The lowest BCUT2D eigenvalue weighted by Crippen LogP contribution is -2.28. The summed E-state index contributed by atoms with van der Waals surface area (Å²) in [6, 6.07) is 0. The van der Waals surface area contributed by atoms with E-state index in [4.69, 9.17) is 4.74 Å². The van der Waals surface area contributed by atoms with E-state index < -0.39 is 0 Å². The van der Waals surface area contributed by atoms with Gasteiger partial charge in [0.05, 0.1) is 5.92 Å². The van der Waals surface area contributed by atoms with Crippen molar-refractivity contribution in [3.05, 3.63) is 23.8 Å². The molecule has 0 heterocycles. The van der Waals surface area contributed by atoms with E-state index in [0.717, 1.165) is 25.7 Å². The quantitative estimate of drug-likeness (QED) is 0.557. The Labute approximate surface area is 110 Å². The Morgan fingerprint density at radius 3 is 2.61 bits per heavy atom. The number of rotatable bonds is 3. The molecule has 0 radical (unpaired) electrons. The van der Waals surface area contributed by atoms with Gasteiger partial charge in [-0.3, -0.25) is 4.79 Å². The summed E-state index contributed by atoms with van der Waals surface area (Å²) in [6.45, 7) is 8.16. The van der Waals surface area contributed by atoms with Crippen LogP contribution in [-0.4, -0.2) is 12.1 Å². The van der Waals surface area contributed by atoms with Gasteiger partial charge < -0.3 is 4.74 Å². The maximum absolute atomic E-state index is 12.1. The normalized spacial score (nSPS) is 28.9. The first kappa shape index (κ1) is 13.4. The summed E-state index contributed by atoms with van der Waals surface area (Å²) < 4.78 is 5.72. The number of ether oxygens (including phenoxy) is 1. The molecular weight excluding hydrogens is 224 g/mol. The Morgan fingerprint density at radius 1 is 1.33 bits per heavy atom. The van der Waals surface area contributed by atoms with Gasteiger partial charge in [-0.15, -0.1) is 0 Å². The van der Waals surface area contributed by atoms with Gasteiger partial charge in [-0.25, -0.2) is 0 Å². The van der Waals surface area contributed by atoms with E-state index in [-0.39, 0.29) is 18.0 Å². The third-order valence-corrected chi connectivity index (χ3v) is 4.37. The smallest absolute Gasteiger partial charge is 0.309 e. The van der Waals surface area contributed by atoms with Crippen molar-refractivity contribution >= 4 is 5.97 Å². The van der Waals surface area contributed by atoms with Gasteiger partial charge in [-0.2, -0.15) is 0 Å². The molecular formula is C16H24O2. The molecule has 0 aliphatic heterocycles. The van der Waals surface area contributed by atoms with E-state index in [0.29, 0.717) is 5.92 Å². The van der Waals surface area contributed by atoms with Crippen LogP contribution in [0.4, 0.5) is 0 Å². The summed E-state index contributed by atoms with van der Waals surface area (Å²) in [5.74, 6) is 0.644. The van der Waals surface area contributed by atoms with Gasteiger partial charge in [-0.05, 0) is 51.0 Å². The fraction of sp³-hybridized carbons (Fsp3) is 0.688. The van der Waals surface area contributed by atoms with E-state index in [2.05, 4.69) is 26.5 Å². The summed E-state index contributed by atoms with van der Waals surface area (Å²) in [6.07, 6.45) is 8.51. The summed E-state index contributed by atoms with van der Waals surface area (Å²) in [4.78, 5) is 12.1. The van der Waals surface area contributed by atoms with Crippen LogP contribution in [0.5, 0.6) is 0 Å². The van der Waals surface area contributed by atoms with Crippen molar-refractivity contribution in [2.24, 2.45) is 11.8 Å². The molecule has 2 unspecified atom stereocenters. The Balaban J connectivity index is 1.94. The van der Waals surface area contributed by atoms with Crippen LogP contribution < -0.4 is 0 Å². The SMILES string of the molecule is C=C(C)C1CC=C(C)C(OC(=O)C2CCCC2)C1. The predicted molar refractivity (Wildman–Crippen MR) is 73.1 cm³/mol. The maximum Gasteiger partial charge on any atom is 0.309 e. The largest absolute Gasteiger partial charge is 0.458 e. The minimum atomic E-state index is -0.0199. The molecule has 0 bridgehead atoms. The zero-order chi connectivity index (χ0) is 13.1. The average Bonchev–Trinajstić information content (AvgIpc) is 2.85. The standard InChI is InChI=1S/C16H24O2/c1-11(2)14-9-8-12(3)15(10-14)18-16(17)13-6-4-5-7-13/h8,13-15H,1,4-7,9-10H2,2-3H3. The lowest BCUT2D eigenvalue weighted by atomic mass is 9.84. The van der Waals surface area contributed by atoms with Crippen molar-refractivity contribution < 1.29 is 9.53 Å². The van der Waals surface area contributed by atoms with Crippen molar-refractivity contribution in [3.63, 3.8) is 0 Å². The Bertz CT molecular complexity index is 361. The van der Waals surface area contributed by atoms with E-state index in [9.17, 15) is 4.79 Å². The van der Waals surface area contributed by atoms with Gasteiger partial charge in [-0.1, -0.05) is 31.1 Å². The molecule has 1 fully saturated rings. The zero-order valence-electron chi connectivity index (χ0n) is 11.6. The number of carbonyl (C=O) groups excluding carboxylic acids is 1. The minimum absolute atomic E-state index is 0.0199. The minimum Gasteiger partial charge on any atom is -0.458 e. The van der Waals surface area contributed by atoms with Gasteiger partial charge in [0.1, 0.15) is 6.10 Å². The first-order chi connectivity index (χ1) is 8.58. The second-order valence-electron chi connectivity index (χ2n) is 5.87. The lowest BCUT2D eigenvalue weighted by molar-refractivity contribution is -0.152. The number of allylic oxidation sites excluding steroid dienone is 2. The first-order valence-corrected chi connectivity index (χ1v) is 7.10. The molecule has 0 aromatic heterocycles. The molecule has 18 heavy (non-hydrogen) atoms. The maximum atomic E-state index is 12.1. The van der Waals surface area contributed by atoms with Gasteiger partial charge in [0.25, 0.3) is 0 Å². The highest BCUT2D eigenvalue weighted by Gasteiger charge is 2.30. The molecule has 0 saturated heterocycles. The second kappa shape index (κ2) is 5.73. The van der Waals surface area contributed by atoms with E-state index in [1.54, 1.807) is 0 Å². The molecule has 0 amide bonds. The molecule has 2 nitrogen and oxygen atoms in total. The fourth-order valence-electron chi connectivity index (χ4n) is 2.94. The molecule has 0 spiro atoms. The van der Waals surface area contributed by atoms with Crippen molar-refractivity contribution in [2.45, 2.75) is 58.5 Å². The van der Waals surface area contributed by atoms with Crippen LogP contribution in [0.15, 0.2) is 23.8 Å². The monoisotopic (exact) mass is 248 g/mol. The molecule has 100 valence electrons. The lowest BCUT2D eigenvalue weighted by Gasteiger charge is -2.29. The second-order valence-corrected chi connectivity index (χ2v) is 5.87. The highest BCUT2D eigenvalue weighted by Crippen LogP contribution is 2.32. The summed E-state index contributed by atoms with van der Waals surface area (Å²) in [5, 5.41) is 0. The van der Waals surface area contributed by atoms with E-state index in [1.165, 1.54) is 24.0 Å². The third kappa shape index (κ3) is 3.04. The molecule has 2 rings (SSSR count). The number of carbonyl (C=O) groups is 1. The van der Waals surface area contributed by atoms with Crippen LogP contribution in [0.1, 0.15) is 52.4 Å². The van der Waals surface area contributed by atoms with Crippen molar-refractivity contribution in [1.82, 2.24) is 0 Å². The number of esters is 1. The van der Waals surface area contributed by atoms with Gasteiger partial charge in [0.15, 0.2) is 0 Å². The summed E-state index contributed by atoms with van der Waals surface area (Å²) >= 11 is 0. The molecule has 1 saturated carbocycles.